The summed E-state index contributed by atoms with van der Waals surface area (Å²) >= 11 is 0. The third-order valence-corrected chi connectivity index (χ3v) is 3.78. The summed E-state index contributed by atoms with van der Waals surface area (Å²) in [5.74, 6) is 1.79. The van der Waals surface area contributed by atoms with Crippen molar-refractivity contribution in [3.05, 3.63) is 23.3 Å². The second kappa shape index (κ2) is 6.13. The number of hydrogen-bond acceptors (Lipinski definition) is 4. The Labute approximate surface area is 114 Å². The molecular weight excluding hydrogens is 240 g/mol. The molecule has 4 heteroatoms. The van der Waals surface area contributed by atoms with E-state index in [1.165, 1.54) is 6.42 Å². The van der Waals surface area contributed by atoms with Crippen LogP contribution < -0.4 is 0 Å². The first-order valence-electron chi connectivity index (χ1n) is 7.18. The lowest BCUT2D eigenvalue weighted by molar-refractivity contribution is 0.0524. The Bertz CT molecular complexity index is 459. The molecule has 1 aromatic heterocycles. The van der Waals surface area contributed by atoms with Gasteiger partial charge >= 0.3 is 5.97 Å². The monoisotopic (exact) mass is 262 g/mol. The molecule has 0 spiro atoms. The standard InChI is InChI=1S/C15H22N2O2/c1-4-13-12(15(18)19-5-2)9-16-14(17-13)11-7-6-10(3)8-11/h9-11H,4-8H2,1-3H3. The zero-order chi connectivity index (χ0) is 13.8. The smallest absolute Gasteiger partial charge is 0.341 e. The summed E-state index contributed by atoms with van der Waals surface area (Å²) in [6.45, 7) is 6.46. The molecule has 0 aromatic carbocycles. The summed E-state index contributed by atoms with van der Waals surface area (Å²) < 4.78 is 5.03. The van der Waals surface area contributed by atoms with Gasteiger partial charge in [0.15, 0.2) is 0 Å². The van der Waals surface area contributed by atoms with E-state index >= 15 is 0 Å². The Balaban J connectivity index is 2.23. The minimum atomic E-state index is -0.314. The van der Waals surface area contributed by atoms with Gasteiger partial charge < -0.3 is 4.74 Å². The summed E-state index contributed by atoms with van der Waals surface area (Å²) in [4.78, 5) is 20.8. The van der Waals surface area contributed by atoms with Gasteiger partial charge in [0.2, 0.25) is 0 Å². The molecule has 1 heterocycles. The number of carbonyl (C=O) groups excluding carboxylic acids is 1. The number of esters is 1. The highest BCUT2D eigenvalue weighted by Crippen LogP contribution is 2.36. The Hall–Kier alpha value is -1.45. The summed E-state index contributed by atoms with van der Waals surface area (Å²) in [5.41, 5.74) is 1.32. The molecule has 4 nitrogen and oxygen atoms in total. The van der Waals surface area contributed by atoms with Gasteiger partial charge in [0.05, 0.1) is 17.9 Å². The molecule has 0 amide bonds. The molecule has 0 aliphatic heterocycles. The van der Waals surface area contributed by atoms with Crippen LogP contribution in [0.5, 0.6) is 0 Å². The molecule has 0 N–H and O–H groups in total. The molecule has 104 valence electrons. The van der Waals surface area contributed by atoms with E-state index < -0.39 is 0 Å². The van der Waals surface area contributed by atoms with E-state index in [1.807, 2.05) is 6.92 Å². The molecule has 1 aliphatic rings. The van der Waals surface area contributed by atoms with E-state index in [4.69, 9.17) is 4.74 Å². The van der Waals surface area contributed by atoms with Crippen LogP contribution in [0.1, 0.15) is 67.8 Å². The Morgan fingerprint density at radius 1 is 1.42 bits per heavy atom. The van der Waals surface area contributed by atoms with E-state index in [9.17, 15) is 4.79 Å². The fraction of sp³-hybridized carbons (Fsp3) is 0.667. The molecular formula is C15H22N2O2. The van der Waals surface area contributed by atoms with E-state index in [0.717, 1.165) is 36.7 Å². The molecule has 1 fully saturated rings. The van der Waals surface area contributed by atoms with Gasteiger partial charge in [-0.15, -0.1) is 0 Å². The first-order valence-corrected chi connectivity index (χ1v) is 7.18. The van der Waals surface area contributed by atoms with Crippen LogP contribution in [0.3, 0.4) is 0 Å². The van der Waals surface area contributed by atoms with E-state index in [2.05, 4.69) is 16.9 Å². The van der Waals surface area contributed by atoms with Crippen LogP contribution in [0.15, 0.2) is 6.20 Å². The zero-order valence-electron chi connectivity index (χ0n) is 12.0. The van der Waals surface area contributed by atoms with Gasteiger partial charge in [-0.1, -0.05) is 13.8 Å². The Morgan fingerprint density at radius 3 is 2.79 bits per heavy atom. The molecule has 1 aromatic rings. The largest absolute Gasteiger partial charge is 0.462 e. The van der Waals surface area contributed by atoms with Gasteiger partial charge in [-0.2, -0.15) is 0 Å². The highest BCUT2D eigenvalue weighted by molar-refractivity contribution is 5.90. The summed E-state index contributed by atoms with van der Waals surface area (Å²) in [6, 6.07) is 0. The van der Waals surface area contributed by atoms with E-state index in [-0.39, 0.29) is 5.97 Å². The second-order valence-corrected chi connectivity index (χ2v) is 5.28. The highest BCUT2D eigenvalue weighted by Gasteiger charge is 2.26. The van der Waals surface area contributed by atoms with Crippen molar-refractivity contribution in [2.45, 2.75) is 52.4 Å². The van der Waals surface area contributed by atoms with Gasteiger partial charge in [0, 0.05) is 12.1 Å². The number of aryl methyl sites for hydroxylation is 1. The van der Waals surface area contributed by atoms with Crippen LogP contribution in [-0.4, -0.2) is 22.5 Å². The first-order chi connectivity index (χ1) is 9.15. The van der Waals surface area contributed by atoms with Crippen molar-refractivity contribution in [3.63, 3.8) is 0 Å². The van der Waals surface area contributed by atoms with E-state index in [0.29, 0.717) is 18.1 Å². The fourth-order valence-corrected chi connectivity index (χ4v) is 2.72. The fourth-order valence-electron chi connectivity index (χ4n) is 2.72. The second-order valence-electron chi connectivity index (χ2n) is 5.28. The molecule has 2 unspecified atom stereocenters. The number of nitrogens with zero attached hydrogens (tertiary/aromatic N) is 2. The summed E-state index contributed by atoms with van der Waals surface area (Å²) in [7, 11) is 0. The van der Waals surface area contributed by atoms with Crippen molar-refractivity contribution in [1.82, 2.24) is 9.97 Å². The molecule has 2 rings (SSSR count). The first kappa shape index (κ1) is 14.0. The average molecular weight is 262 g/mol. The van der Waals surface area contributed by atoms with Crippen molar-refractivity contribution >= 4 is 5.97 Å². The maximum atomic E-state index is 11.8. The van der Waals surface area contributed by atoms with E-state index in [1.54, 1.807) is 13.1 Å². The summed E-state index contributed by atoms with van der Waals surface area (Å²) in [6.07, 6.45) is 5.92. The van der Waals surface area contributed by atoms with Crippen LogP contribution >= 0.6 is 0 Å². The van der Waals surface area contributed by atoms with Crippen LogP contribution in [0.25, 0.3) is 0 Å². The van der Waals surface area contributed by atoms with Crippen molar-refractivity contribution < 1.29 is 9.53 Å². The summed E-state index contributed by atoms with van der Waals surface area (Å²) in [5, 5.41) is 0. The predicted octanol–water partition coefficient (Wildman–Crippen LogP) is 3.12. The van der Waals surface area contributed by atoms with Gasteiger partial charge in [0.25, 0.3) is 0 Å². The lowest BCUT2D eigenvalue weighted by Gasteiger charge is -2.12. The normalized spacial score (nSPS) is 22.5. The van der Waals surface area contributed by atoms with Crippen LogP contribution in [-0.2, 0) is 11.2 Å². The van der Waals surface area contributed by atoms with Gasteiger partial charge in [-0.05, 0) is 38.5 Å². The Morgan fingerprint density at radius 2 is 2.21 bits per heavy atom. The maximum absolute atomic E-state index is 11.8. The Kier molecular flexibility index (Phi) is 4.51. The van der Waals surface area contributed by atoms with Crippen LogP contribution in [0, 0.1) is 5.92 Å². The third kappa shape index (κ3) is 3.11. The number of rotatable bonds is 4. The quantitative estimate of drug-likeness (QED) is 0.782. The molecule has 2 atom stereocenters. The van der Waals surface area contributed by atoms with Crippen molar-refractivity contribution in [2.75, 3.05) is 6.61 Å². The number of ether oxygens (including phenoxy) is 1. The molecule has 19 heavy (non-hydrogen) atoms. The topological polar surface area (TPSA) is 52.1 Å². The minimum Gasteiger partial charge on any atom is -0.462 e. The van der Waals surface area contributed by atoms with Gasteiger partial charge in [-0.25, -0.2) is 14.8 Å². The van der Waals surface area contributed by atoms with Crippen LogP contribution in [0.2, 0.25) is 0 Å². The lowest BCUT2D eigenvalue weighted by atomic mass is 10.0. The van der Waals surface area contributed by atoms with Crippen LogP contribution in [0.4, 0.5) is 0 Å². The number of hydrogen-bond donors (Lipinski definition) is 0. The van der Waals surface area contributed by atoms with Crippen molar-refractivity contribution in [3.8, 4) is 0 Å². The zero-order valence-corrected chi connectivity index (χ0v) is 12.0. The molecule has 1 aliphatic carbocycles. The van der Waals surface area contributed by atoms with Gasteiger partial charge in [-0.3, -0.25) is 0 Å². The van der Waals surface area contributed by atoms with Crippen molar-refractivity contribution in [2.24, 2.45) is 5.92 Å². The SMILES string of the molecule is CCOC(=O)c1cnc(C2CCC(C)C2)nc1CC. The molecule has 0 bridgehead atoms. The molecule has 0 radical (unpaired) electrons. The average Bonchev–Trinajstić information content (AvgIpc) is 2.85. The minimum absolute atomic E-state index is 0.314. The number of aromatic nitrogens is 2. The lowest BCUT2D eigenvalue weighted by Crippen LogP contribution is -2.13. The predicted molar refractivity (Wildman–Crippen MR) is 73.1 cm³/mol. The highest BCUT2D eigenvalue weighted by atomic mass is 16.5. The molecule has 1 saturated carbocycles. The maximum Gasteiger partial charge on any atom is 0.341 e. The molecule has 0 saturated heterocycles. The number of carbonyl (C=O) groups is 1. The van der Waals surface area contributed by atoms with Gasteiger partial charge in [0.1, 0.15) is 5.82 Å². The van der Waals surface area contributed by atoms with Crippen molar-refractivity contribution in [1.29, 1.82) is 0 Å². The third-order valence-electron chi connectivity index (χ3n) is 3.78.